The van der Waals surface area contributed by atoms with Crippen LogP contribution in [0.25, 0.3) is 10.8 Å². The predicted molar refractivity (Wildman–Crippen MR) is 116 cm³/mol. The number of nitrogen functional groups attached to an aromatic ring is 1. The molecule has 1 aliphatic rings. The lowest BCUT2D eigenvalue weighted by molar-refractivity contribution is 0.557. The van der Waals surface area contributed by atoms with Crippen molar-refractivity contribution in [1.29, 1.82) is 0 Å². The molecule has 1 aromatic heterocycles. The van der Waals surface area contributed by atoms with E-state index in [1.165, 1.54) is 23.1 Å². The molecule has 0 bridgehead atoms. The molecule has 0 radical (unpaired) electrons. The number of hydrogen-bond acceptors (Lipinski definition) is 7. The number of nitrogens with zero attached hydrogens (tertiary/aromatic N) is 2. The Morgan fingerprint density at radius 2 is 1.66 bits per heavy atom. The highest BCUT2D eigenvalue weighted by molar-refractivity contribution is 8.01. The van der Waals surface area contributed by atoms with Gasteiger partial charge in [0.2, 0.25) is 15.2 Å². The van der Waals surface area contributed by atoms with E-state index in [9.17, 15) is 8.42 Å². The highest BCUT2D eigenvalue weighted by Gasteiger charge is 2.38. The summed E-state index contributed by atoms with van der Waals surface area (Å²) in [5.74, 6) is 0. The van der Waals surface area contributed by atoms with Gasteiger partial charge in [0, 0.05) is 0 Å². The summed E-state index contributed by atoms with van der Waals surface area (Å²) in [6.07, 6.45) is 0. The van der Waals surface area contributed by atoms with Crippen LogP contribution in [0.5, 0.6) is 0 Å². The Hall–Kier alpha value is -2.46. The molecule has 0 saturated carbocycles. The molecule has 1 heterocycles. The van der Waals surface area contributed by atoms with Crippen LogP contribution in [0.3, 0.4) is 0 Å². The van der Waals surface area contributed by atoms with Crippen molar-refractivity contribution in [3.63, 3.8) is 0 Å². The van der Waals surface area contributed by atoms with E-state index in [-0.39, 0.29) is 10.1 Å². The van der Waals surface area contributed by atoms with Crippen LogP contribution < -0.4 is 10.5 Å². The molecule has 1 aliphatic carbocycles. The van der Waals surface area contributed by atoms with Crippen LogP contribution in [-0.2, 0) is 10.0 Å². The number of thioether (sulfide) groups is 1. The second-order valence-corrected chi connectivity index (χ2v) is 10.8. The number of hydrogen-bond donors (Lipinski definition) is 2. The maximum absolute atomic E-state index is 13.1. The van der Waals surface area contributed by atoms with Gasteiger partial charge in [-0.1, -0.05) is 77.7 Å². The fraction of sp³-hybridized carbons (Fsp3) is 0.100. The fourth-order valence-electron chi connectivity index (χ4n) is 3.71. The van der Waals surface area contributed by atoms with Crippen LogP contribution in [0.2, 0.25) is 0 Å². The molecular weight excluding hydrogens is 424 g/mol. The first-order chi connectivity index (χ1) is 14.0. The van der Waals surface area contributed by atoms with Crippen molar-refractivity contribution in [1.82, 2.24) is 14.9 Å². The lowest BCUT2D eigenvalue weighted by atomic mass is 10.1. The molecule has 2 atom stereocenters. The van der Waals surface area contributed by atoms with Gasteiger partial charge in [0.05, 0.1) is 16.2 Å². The highest BCUT2D eigenvalue weighted by Crippen LogP contribution is 2.53. The summed E-state index contributed by atoms with van der Waals surface area (Å²) >= 11 is 2.78. The summed E-state index contributed by atoms with van der Waals surface area (Å²) in [6.45, 7) is 0. The molecule has 146 valence electrons. The zero-order chi connectivity index (χ0) is 20.0. The molecule has 9 heteroatoms. The third-order valence-corrected chi connectivity index (χ3v) is 8.51. The van der Waals surface area contributed by atoms with Gasteiger partial charge >= 0.3 is 0 Å². The van der Waals surface area contributed by atoms with Crippen LogP contribution in [-0.4, -0.2) is 18.6 Å². The van der Waals surface area contributed by atoms with E-state index in [4.69, 9.17) is 5.73 Å². The smallest absolute Gasteiger partial charge is 0.241 e. The average molecular weight is 441 g/mol. The van der Waals surface area contributed by atoms with Gasteiger partial charge in [-0.2, -0.15) is 0 Å². The summed E-state index contributed by atoms with van der Waals surface area (Å²) < 4.78 is 29.8. The Labute approximate surface area is 176 Å². The van der Waals surface area contributed by atoms with Gasteiger partial charge in [0.25, 0.3) is 0 Å². The Balaban J connectivity index is 1.61. The number of nitrogens with two attached hydrogens (primary N) is 1. The number of rotatable bonds is 5. The van der Waals surface area contributed by atoms with E-state index in [1.807, 2.05) is 36.4 Å². The Kier molecular flexibility index (Phi) is 4.54. The van der Waals surface area contributed by atoms with E-state index >= 15 is 0 Å². The molecule has 0 spiro atoms. The van der Waals surface area contributed by atoms with E-state index in [0.717, 1.165) is 21.9 Å². The molecule has 29 heavy (non-hydrogen) atoms. The Morgan fingerprint density at radius 1 is 0.931 bits per heavy atom. The summed E-state index contributed by atoms with van der Waals surface area (Å²) in [5, 5.41) is 10.4. The van der Waals surface area contributed by atoms with Crippen molar-refractivity contribution in [3.05, 3.63) is 77.9 Å². The quantitative estimate of drug-likeness (QED) is 0.484. The summed E-state index contributed by atoms with van der Waals surface area (Å²) in [7, 11) is -3.70. The minimum absolute atomic E-state index is 0.179. The normalized spacial score (nSPS) is 18.3. The van der Waals surface area contributed by atoms with Gasteiger partial charge in [-0.3, -0.25) is 0 Å². The Bertz CT molecular complexity index is 1300. The zero-order valence-corrected chi connectivity index (χ0v) is 17.5. The number of nitrogens with one attached hydrogen (secondary N) is 1. The third-order valence-electron chi connectivity index (χ3n) is 4.90. The largest absolute Gasteiger partial charge is 0.374 e. The summed E-state index contributed by atoms with van der Waals surface area (Å²) in [6, 6.07) is 20.1. The molecule has 0 fully saturated rings. The fourth-order valence-corrected chi connectivity index (χ4v) is 7.12. The van der Waals surface area contributed by atoms with Crippen molar-refractivity contribution >= 4 is 49.0 Å². The van der Waals surface area contributed by atoms with Gasteiger partial charge in [0.1, 0.15) is 0 Å². The molecule has 3 N–H and O–H groups in total. The molecular formula is C20H16N4O2S3. The van der Waals surface area contributed by atoms with Crippen LogP contribution >= 0.6 is 23.1 Å². The van der Waals surface area contributed by atoms with Gasteiger partial charge in [0.15, 0.2) is 4.34 Å². The first kappa shape index (κ1) is 18.6. The van der Waals surface area contributed by atoms with E-state index in [2.05, 4.69) is 14.9 Å². The van der Waals surface area contributed by atoms with Gasteiger partial charge in [-0.15, -0.1) is 10.2 Å². The number of benzene rings is 3. The first-order valence-corrected chi connectivity index (χ1v) is 12.1. The van der Waals surface area contributed by atoms with Crippen molar-refractivity contribution in [2.24, 2.45) is 0 Å². The molecule has 0 saturated heterocycles. The zero-order valence-electron chi connectivity index (χ0n) is 15.0. The molecule has 0 aliphatic heterocycles. The first-order valence-electron chi connectivity index (χ1n) is 8.87. The topological polar surface area (TPSA) is 98.0 Å². The van der Waals surface area contributed by atoms with E-state index in [0.29, 0.717) is 9.47 Å². The lowest BCUT2D eigenvalue weighted by Gasteiger charge is -2.21. The van der Waals surface area contributed by atoms with Crippen LogP contribution in [0.15, 0.2) is 76.0 Å². The van der Waals surface area contributed by atoms with Crippen molar-refractivity contribution in [3.8, 4) is 0 Å². The third kappa shape index (κ3) is 3.29. The van der Waals surface area contributed by atoms with Crippen molar-refractivity contribution in [2.45, 2.75) is 20.5 Å². The number of anilines is 1. The van der Waals surface area contributed by atoms with Crippen molar-refractivity contribution in [2.75, 3.05) is 5.73 Å². The van der Waals surface area contributed by atoms with Gasteiger partial charge in [-0.25, -0.2) is 13.1 Å². The second kappa shape index (κ2) is 7.10. The monoisotopic (exact) mass is 440 g/mol. The number of sulfonamides is 1. The molecule has 4 aromatic rings. The summed E-state index contributed by atoms with van der Waals surface area (Å²) in [4.78, 5) is 0.243. The molecule has 0 amide bonds. The lowest BCUT2D eigenvalue weighted by Crippen LogP contribution is -2.29. The molecule has 6 nitrogen and oxygen atoms in total. The minimum atomic E-state index is -3.70. The van der Waals surface area contributed by atoms with Gasteiger partial charge < -0.3 is 5.73 Å². The van der Waals surface area contributed by atoms with E-state index < -0.39 is 16.1 Å². The molecule has 3 aromatic carbocycles. The summed E-state index contributed by atoms with van der Waals surface area (Å²) in [5.41, 5.74) is 7.79. The maximum atomic E-state index is 13.1. The average Bonchev–Trinajstić information content (AvgIpc) is 3.27. The van der Waals surface area contributed by atoms with Crippen LogP contribution in [0.4, 0.5) is 5.13 Å². The molecule has 5 rings (SSSR count). The van der Waals surface area contributed by atoms with Crippen molar-refractivity contribution < 1.29 is 8.42 Å². The SMILES string of the molecule is Nc1nnc(SC2c3cccc4cccc(c34)C2NS(=O)(=O)c2ccccc2)s1. The predicted octanol–water partition coefficient (Wildman–Crippen LogP) is 4.14. The standard InChI is InChI=1S/C20H16N4O2S3/c21-19-22-23-20(28-19)27-18-15-11-5-7-12-6-4-10-14(16(12)15)17(18)24-29(25,26)13-8-2-1-3-9-13/h1-11,17-18,24H,(H2,21,22). The van der Waals surface area contributed by atoms with Crippen LogP contribution in [0.1, 0.15) is 22.4 Å². The minimum Gasteiger partial charge on any atom is -0.374 e. The second-order valence-electron chi connectivity index (χ2n) is 6.65. The van der Waals surface area contributed by atoms with Gasteiger partial charge in [-0.05, 0) is 34.0 Å². The van der Waals surface area contributed by atoms with Crippen LogP contribution in [0, 0.1) is 0 Å². The highest BCUT2D eigenvalue weighted by atomic mass is 32.2. The number of aromatic nitrogens is 2. The maximum Gasteiger partial charge on any atom is 0.241 e. The molecule has 2 unspecified atom stereocenters. The van der Waals surface area contributed by atoms with E-state index in [1.54, 1.807) is 30.3 Å². The Morgan fingerprint density at radius 3 is 2.34 bits per heavy atom.